The summed E-state index contributed by atoms with van der Waals surface area (Å²) in [6, 6.07) is 14.4. The highest BCUT2D eigenvalue weighted by molar-refractivity contribution is 7.10. The molecule has 0 radical (unpaired) electrons. The molecule has 174 valence electrons. The maximum absolute atomic E-state index is 12.7. The number of hydrogen-bond acceptors (Lipinski definition) is 8. The zero-order valence-electron chi connectivity index (χ0n) is 17.9. The van der Waals surface area contributed by atoms with Crippen LogP contribution in [0.3, 0.4) is 0 Å². The second-order valence-corrected chi connectivity index (χ2v) is 7.65. The number of amides is 2. The van der Waals surface area contributed by atoms with E-state index in [2.05, 4.69) is 15.8 Å². The van der Waals surface area contributed by atoms with E-state index in [1.807, 2.05) is 5.38 Å². The van der Waals surface area contributed by atoms with Crippen molar-refractivity contribution in [1.82, 2.24) is 10.7 Å². The van der Waals surface area contributed by atoms with Gasteiger partial charge in [-0.1, -0.05) is 24.3 Å². The van der Waals surface area contributed by atoms with E-state index < -0.39 is 28.2 Å². The fourth-order valence-corrected chi connectivity index (χ4v) is 3.43. The lowest BCUT2D eigenvalue weighted by molar-refractivity contribution is -0.386. The number of rotatable bonds is 9. The first kappa shape index (κ1) is 24.1. The fraction of sp³-hybridized carbons (Fsp3) is 0.0870. The van der Waals surface area contributed by atoms with Crippen LogP contribution in [0.1, 0.15) is 27.7 Å². The van der Waals surface area contributed by atoms with E-state index in [-0.39, 0.29) is 23.6 Å². The van der Waals surface area contributed by atoms with Crippen LogP contribution in [-0.2, 0) is 4.79 Å². The molecule has 3 rings (SSSR count). The highest BCUT2D eigenvalue weighted by atomic mass is 32.1. The number of nitro benzene ring substituents is 1. The number of phenols is 1. The first-order valence-corrected chi connectivity index (χ1v) is 10.9. The van der Waals surface area contributed by atoms with Crippen LogP contribution in [0.25, 0.3) is 6.08 Å². The molecule has 0 bridgehead atoms. The molecule has 0 unspecified atom stereocenters. The van der Waals surface area contributed by atoms with Crippen molar-refractivity contribution < 1.29 is 24.4 Å². The molecule has 0 saturated carbocycles. The number of benzene rings is 2. The Labute approximate surface area is 198 Å². The topological polar surface area (TPSA) is 143 Å². The van der Waals surface area contributed by atoms with Gasteiger partial charge in [-0.25, -0.2) is 5.43 Å². The van der Waals surface area contributed by atoms with E-state index >= 15 is 0 Å². The summed E-state index contributed by atoms with van der Waals surface area (Å²) in [4.78, 5) is 36.5. The molecule has 2 aromatic carbocycles. The lowest BCUT2D eigenvalue weighted by Gasteiger charge is -2.09. The van der Waals surface area contributed by atoms with E-state index in [0.29, 0.717) is 5.56 Å². The maximum atomic E-state index is 12.7. The Bertz CT molecular complexity index is 1240. The average molecular weight is 481 g/mol. The molecular formula is C23H20N4O6S. The van der Waals surface area contributed by atoms with Gasteiger partial charge in [-0.15, -0.1) is 11.3 Å². The SMILES string of the molecule is CCOc1cc(/C=N\NC(=O)/C(=C\c2cccs2)NC(=O)c2ccccc2)cc([N+](=O)[O-])c1O. The summed E-state index contributed by atoms with van der Waals surface area (Å²) in [6.07, 6.45) is 2.67. The zero-order valence-corrected chi connectivity index (χ0v) is 18.7. The Morgan fingerprint density at radius 3 is 2.62 bits per heavy atom. The summed E-state index contributed by atoms with van der Waals surface area (Å²) in [6.45, 7) is 1.84. The number of hydrogen-bond donors (Lipinski definition) is 3. The molecule has 3 aromatic rings. The van der Waals surface area contributed by atoms with Gasteiger partial charge in [0.15, 0.2) is 5.75 Å². The van der Waals surface area contributed by atoms with Gasteiger partial charge in [0.05, 0.1) is 17.7 Å². The summed E-state index contributed by atoms with van der Waals surface area (Å²) in [5.74, 6) is -1.86. The number of carbonyl (C=O) groups excluding carboxylic acids is 2. The van der Waals surface area contributed by atoms with Crippen LogP contribution >= 0.6 is 11.3 Å². The van der Waals surface area contributed by atoms with Crippen molar-refractivity contribution in [3.63, 3.8) is 0 Å². The Balaban J connectivity index is 1.80. The van der Waals surface area contributed by atoms with Crippen molar-refractivity contribution in [3.8, 4) is 11.5 Å². The van der Waals surface area contributed by atoms with Crippen LogP contribution in [0.5, 0.6) is 11.5 Å². The number of nitrogens with one attached hydrogen (secondary N) is 2. The molecule has 1 heterocycles. The molecule has 3 N–H and O–H groups in total. The summed E-state index contributed by atoms with van der Waals surface area (Å²) in [5.41, 5.74) is 2.27. The van der Waals surface area contributed by atoms with E-state index in [1.165, 1.54) is 23.5 Å². The zero-order chi connectivity index (χ0) is 24.5. The van der Waals surface area contributed by atoms with Gasteiger partial charge in [0.1, 0.15) is 5.70 Å². The van der Waals surface area contributed by atoms with Crippen molar-refractivity contribution in [1.29, 1.82) is 0 Å². The second kappa shape index (κ2) is 11.4. The molecule has 11 heteroatoms. The third-order valence-corrected chi connectivity index (χ3v) is 5.13. The largest absolute Gasteiger partial charge is 0.500 e. The number of nitrogens with zero attached hydrogens (tertiary/aromatic N) is 2. The quantitative estimate of drug-likeness (QED) is 0.184. The first-order valence-electron chi connectivity index (χ1n) is 9.98. The number of hydrazone groups is 1. The second-order valence-electron chi connectivity index (χ2n) is 6.67. The molecule has 2 amide bonds. The number of aromatic hydroxyl groups is 1. The lowest BCUT2D eigenvalue weighted by Crippen LogP contribution is -2.32. The van der Waals surface area contributed by atoms with E-state index in [4.69, 9.17) is 4.74 Å². The Hall–Kier alpha value is -4.51. The molecule has 34 heavy (non-hydrogen) atoms. The predicted molar refractivity (Wildman–Crippen MR) is 128 cm³/mol. The van der Waals surface area contributed by atoms with Crippen molar-refractivity contribution >= 4 is 41.1 Å². The number of thiophene rings is 1. The van der Waals surface area contributed by atoms with Gasteiger partial charge in [-0.05, 0) is 42.6 Å². The Morgan fingerprint density at radius 1 is 1.21 bits per heavy atom. The van der Waals surface area contributed by atoms with Gasteiger partial charge >= 0.3 is 5.69 Å². The highest BCUT2D eigenvalue weighted by Crippen LogP contribution is 2.36. The third kappa shape index (κ3) is 6.26. The average Bonchev–Trinajstić information content (AvgIpc) is 3.34. The van der Waals surface area contributed by atoms with E-state index in [9.17, 15) is 24.8 Å². The minimum Gasteiger partial charge on any atom is -0.500 e. The van der Waals surface area contributed by atoms with Crippen LogP contribution in [0, 0.1) is 10.1 Å². The minimum absolute atomic E-state index is 0.0415. The number of ether oxygens (including phenoxy) is 1. The monoisotopic (exact) mass is 480 g/mol. The van der Waals surface area contributed by atoms with Crippen molar-refractivity contribution in [3.05, 3.63) is 91.8 Å². The lowest BCUT2D eigenvalue weighted by atomic mass is 10.2. The molecular weight excluding hydrogens is 460 g/mol. The molecule has 1 aromatic heterocycles. The summed E-state index contributed by atoms with van der Waals surface area (Å²) in [7, 11) is 0. The summed E-state index contributed by atoms with van der Waals surface area (Å²) >= 11 is 1.38. The smallest absolute Gasteiger partial charge is 0.315 e. The van der Waals surface area contributed by atoms with Crippen molar-refractivity contribution in [2.75, 3.05) is 6.61 Å². The van der Waals surface area contributed by atoms with E-state index in [0.717, 1.165) is 17.2 Å². The molecule has 0 spiro atoms. The molecule has 0 aliphatic rings. The summed E-state index contributed by atoms with van der Waals surface area (Å²) in [5, 5.41) is 29.4. The molecule has 0 atom stereocenters. The molecule has 10 nitrogen and oxygen atoms in total. The molecule has 0 fully saturated rings. The predicted octanol–water partition coefficient (Wildman–Crippen LogP) is 3.68. The minimum atomic E-state index is -0.755. The van der Waals surface area contributed by atoms with Crippen LogP contribution in [0.2, 0.25) is 0 Å². The van der Waals surface area contributed by atoms with Gasteiger partial charge in [0, 0.05) is 22.1 Å². The van der Waals surface area contributed by atoms with Crippen LogP contribution in [0.15, 0.2) is 70.8 Å². The Morgan fingerprint density at radius 2 is 1.97 bits per heavy atom. The normalized spacial score (nSPS) is 11.3. The number of nitro groups is 1. The van der Waals surface area contributed by atoms with Gasteiger partial charge in [0.2, 0.25) is 5.75 Å². The van der Waals surface area contributed by atoms with Gasteiger partial charge in [-0.2, -0.15) is 5.10 Å². The number of phenolic OH excluding ortho intramolecular Hbond substituents is 1. The van der Waals surface area contributed by atoms with Gasteiger partial charge in [0.25, 0.3) is 11.8 Å². The van der Waals surface area contributed by atoms with Crippen LogP contribution < -0.4 is 15.5 Å². The summed E-state index contributed by atoms with van der Waals surface area (Å²) < 4.78 is 5.22. The highest BCUT2D eigenvalue weighted by Gasteiger charge is 2.20. The van der Waals surface area contributed by atoms with Crippen LogP contribution in [0.4, 0.5) is 5.69 Å². The van der Waals surface area contributed by atoms with Crippen molar-refractivity contribution in [2.24, 2.45) is 5.10 Å². The van der Waals surface area contributed by atoms with Gasteiger partial charge < -0.3 is 15.2 Å². The Kier molecular flexibility index (Phi) is 8.08. The standard InChI is InChI=1S/C23H20N4O6S/c1-2-33-20-12-15(11-19(21(20)28)27(31)32)14-24-26-23(30)18(13-17-9-6-10-34-17)25-22(29)16-7-4-3-5-8-16/h3-14,28H,2H2,1H3,(H,25,29)(H,26,30)/b18-13+,24-14-. The van der Waals surface area contributed by atoms with Crippen molar-refractivity contribution in [2.45, 2.75) is 6.92 Å². The molecule has 0 aliphatic heterocycles. The van der Waals surface area contributed by atoms with E-state index in [1.54, 1.807) is 49.4 Å². The third-order valence-electron chi connectivity index (χ3n) is 4.31. The van der Waals surface area contributed by atoms with Crippen LogP contribution in [-0.4, -0.2) is 34.7 Å². The molecule has 0 aliphatic carbocycles. The number of carbonyl (C=O) groups is 2. The maximum Gasteiger partial charge on any atom is 0.315 e. The first-order chi connectivity index (χ1) is 16.4. The van der Waals surface area contributed by atoms with Gasteiger partial charge in [-0.3, -0.25) is 19.7 Å². The fourth-order valence-electron chi connectivity index (χ4n) is 2.78. The molecule has 0 saturated heterocycles.